The average molecular weight is 396 g/mol. The van der Waals surface area contributed by atoms with Crippen LogP contribution >= 0.6 is 0 Å². The van der Waals surface area contributed by atoms with Crippen LogP contribution in [0.15, 0.2) is 47.5 Å². The topological polar surface area (TPSA) is 72.0 Å². The van der Waals surface area contributed by atoms with Gasteiger partial charge in [0.1, 0.15) is 5.75 Å². The molecule has 1 amide bonds. The normalized spacial score (nSPS) is 16.5. The van der Waals surface area contributed by atoms with Crippen molar-refractivity contribution in [1.29, 1.82) is 0 Å². The van der Waals surface area contributed by atoms with E-state index >= 15 is 0 Å². The first-order chi connectivity index (χ1) is 14.0. The van der Waals surface area contributed by atoms with Crippen molar-refractivity contribution >= 4 is 17.6 Å². The molecule has 3 rings (SSSR count). The highest BCUT2D eigenvalue weighted by molar-refractivity contribution is 6.10. The monoisotopic (exact) mass is 395 g/mol. The zero-order chi connectivity index (χ0) is 20.6. The summed E-state index contributed by atoms with van der Waals surface area (Å²) in [5.41, 5.74) is 3.81. The Morgan fingerprint density at radius 1 is 1.17 bits per heavy atom. The van der Waals surface area contributed by atoms with Gasteiger partial charge in [0.2, 0.25) is 5.96 Å². The lowest BCUT2D eigenvalue weighted by Crippen LogP contribution is -2.36. The van der Waals surface area contributed by atoms with E-state index in [9.17, 15) is 4.79 Å². The van der Waals surface area contributed by atoms with Gasteiger partial charge in [-0.15, -0.1) is 0 Å². The smallest absolute Gasteiger partial charge is 0.257 e. The molecular weight excluding hydrogens is 366 g/mol. The Kier molecular flexibility index (Phi) is 7.25. The van der Waals surface area contributed by atoms with E-state index in [0.29, 0.717) is 24.7 Å². The van der Waals surface area contributed by atoms with E-state index in [4.69, 9.17) is 9.47 Å². The molecule has 1 heterocycles. The fourth-order valence-electron chi connectivity index (χ4n) is 3.10. The van der Waals surface area contributed by atoms with Gasteiger partial charge in [0.25, 0.3) is 5.91 Å². The van der Waals surface area contributed by atoms with Crippen molar-refractivity contribution in [2.24, 2.45) is 4.99 Å². The number of aliphatic imine (C=N–C) groups is 1. The first-order valence-corrected chi connectivity index (χ1v) is 10.1. The van der Waals surface area contributed by atoms with Crippen LogP contribution in [-0.2, 0) is 4.74 Å². The molecule has 2 aromatic rings. The van der Waals surface area contributed by atoms with Gasteiger partial charge in [-0.3, -0.25) is 10.1 Å². The van der Waals surface area contributed by atoms with E-state index in [2.05, 4.69) is 29.5 Å². The molecular formula is C23H29N3O3. The van der Waals surface area contributed by atoms with Crippen LogP contribution in [0.3, 0.4) is 0 Å². The molecule has 6 nitrogen and oxygen atoms in total. The minimum atomic E-state index is -0.226. The number of ether oxygens (including phenoxy) is 2. The molecule has 1 fully saturated rings. The van der Waals surface area contributed by atoms with Crippen LogP contribution in [0.5, 0.6) is 5.75 Å². The predicted octanol–water partition coefficient (Wildman–Crippen LogP) is 4.08. The molecule has 1 atom stereocenters. The summed E-state index contributed by atoms with van der Waals surface area (Å²) in [4.78, 5) is 17.3. The van der Waals surface area contributed by atoms with E-state index in [0.717, 1.165) is 30.9 Å². The third-order valence-electron chi connectivity index (χ3n) is 4.91. The number of hydrogen-bond acceptors (Lipinski definition) is 4. The van der Waals surface area contributed by atoms with Crippen LogP contribution < -0.4 is 15.4 Å². The molecule has 2 N–H and O–H groups in total. The van der Waals surface area contributed by atoms with Crippen LogP contribution in [0.25, 0.3) is 0 Å². The van der Waals surface area contributed by atoms with Gasteiger partial charge in [-0.05, 0) is 81.1 Å². The molecule has 1 saturated heterocycles. The fourth-order valence-corrected chi connectivity index (χ4v) is 3.10. The summed E-state index contributed by atoms with van der Waals surface area (Å²) in [5.74, 6) is 0.933. The summed E-state index contributed by atoms with van der Waals surface area (Å²) in [6.07, 6.45) is 2.15. The third kappa shape index (κ3) is 6.06. The predicted molar refractivity (Wildman–Crippen MR) is 116 cm³/mol. The van der Waals surface area contributed by atoms with Crippen molar-refractivity contribution in [2.75, 3.05) is 25.1 Å². The quantitative estimate of drug-likeness (QED) is 0.571. The van der Waals surface area contributed by atoms with Crippen molar-refractivity contribution in [1.82, 2.24) is 5.32 Å². The van der Waals surface area contributed by atoms with E-state index < -0.39 is 0 Å². The average Bonchev–Trinajstić information content (AvgIpc) is 3.23. The Morgan fingerprint density at radius 3 is 2.62 bits per heavy atom. The summed E-state index contributed by atoms with van der Waals surface area (Å²) in [6.45, 7) is 7.93. The Balaban J connectivity index is 1.73. The summed E-state index contributed by atoms with van der Waals surface area (Å²) in [7, 11) is 0. The third-order valence-corrected chi connectivity index (χ3v) is 4.91. The maximum Gasteiger partial charge on any atom is 0.257 e. The lowest BCUT2D eigenvalue weighted by atomic mass is 10.1. The number of guanidine groups is 1. The van der Waals surface area contributed by atoms with Crippen LogP contribution in [0.2, 0.25) is 0 Å². The summed E-state index contributed by atoms with van der Waals surface area (Å²) in [6, 6.07) is 13.1. The molecule has 0 unspecified atom stereocenters. The molecule has 0 aromatic heterocycles. The number of nitrogens with one attached hydrogen (secondary N) is 2. The van der Waals surface area contributed by atoms with Gasteiger partial charge in [0, 0.05) is 17.9 Å². The molecule has 29 heavy (non-hydrogen) atoms. The molecule has 0 radical (unpaired) electrons. The van der Waals surface area contributed by atoms with Gasteiger partial charge in [0.15, 0.2) is 0 Å². The Morgan fingerprint density at radius 2 is 1.97 bits per heavy atom. The number of benzene rings is 2. The molecule has 0 aliphatic carbocycles. The SMILES string of the molecule is CCOc1ccc(C(=O)NC(=NC[C@@H]2CCCO2)Nc2ccc(C)c(C)c2)cc1. The van der Waals surface area contributed by atoms with Crippen LogP contribution in [0.4, 0.5) is 5.69 Å². The standard InChI is InChI=1S/C23H29N3O3/c1-4-28-20-11-8-18(9-12-20)22(27)26-23(24-15-21-6-5-13-29-21)25-19-10-7-16(2)17(3)14-19/h7-12,14,21H,4-6,13,15H2,1-3H3,(H2,24,25,26,27)/t21-/m0/s1. The van der Waals surface area contributed by atoms with Crippen molar-refractivity contribution in [3.05, 3.63) is 59.2 Å². The number of nitrogens with zero attached hydrogens (tertiary/aromatic N) is 1. The molecule has 1 aliphatic rings. The van der Waals surface area contributed by atoms with Crippen molar-refractivity contribution in [3.63, 3.8) is 0 Å². The number of rotatable bonds is 6. The molecule has 1 aliphatic heterocycles. The minimum absolute atomic E-state index is 0.105. The number of carbonyl (C=O) groups excluding carboxylic acids is 1. The maximum atomic E-state index is 12.7. The Bertz CT molecular complexity index is 856. The van der Waals surface area contributed by atoms with Crippen LogP contribution in [-0.4, -0.2) is 37.7 Å². The maximum absolute atomic E-state index is 12.7. The highest BCUT2D eigenvalue weighted by Crippen LogP contribution is 2.16. The van der Waals surface area contributed by atoms with E-state index in [-0.39, 0.29) is 12.0 Å². The van der Waals surface area contributed by atoms with E-state index in [1.54, 1.807) is 24.3 Å². The summed E-state index contributed by atoms with van der Waals surface area (Å²) >= 11 is 0. The van der Waals surface area contributed by atoms with Crippen molar-refractivity contribution < 1.29 is 14.3 Å². The second-order valence-corrected chi connectivity index (χ2v) is 7.16. The first-order valence-electron chi connectivity index (χ1n) is 10.1. The number of aryl methyl sites for hydroxylation is 2. The minimum Gasteiger partial charge on any atom is -0.494 e. The summed E-state index contributed by atoms with van der Waals surface area (Å²) < 4.78 is 11.1. The molecule has 0 saturated carbocycles. The van der Waals surface area contributed by atoms with Crippen molar-refractivity contribution in [3.8, 4) is 5.75 Å². The van der Waals surface area contributed by atoms with Gasteiger partial charge < -0.3 is 14.8 Å². The number of hydrogen-bond donors (Lipinski definition) is 2. The highest BCUT2D eigenvalue weighted by atomic mass is 16.5. The van der Waals surface area contributed by atoms with Gasteiger partial charge in [-0.1, -0.05) is 6.07 Å². The van der Waals surface area contributed by atoms with E-state index in [1.807, 2.05) is 25.1 Å². The largest absolute Gasteiger partial charge is 0.494 e. The number of anilines is 1. The molecule has 2 aromatic carbocycles. The molecule has 6 heteroatoms. The Hall–Kier alpha value is -2.86. The molecule has 154 valence electrons. The lowest BCUT2D eigenvalue weighted by Gasteiger charge is -2.14. The zero-order valence-corrected chi connectivity index (χ0v) is 17.3. The lowest BCUT2D eigenvalue weighted by molar-refractivity contribution is 0.0975. The summed E-state index contributed by atoms with van der Waals surface area (Å²) in [5, 5.41) is 6.14. The van der Waals surface area contributed by atoms with Crippen LogP contribution in [0, 0.1) is 13.8 Å². The molecule has 0 bridgehead atoms. The molecule has 0 spiro atoms. The zero-order valence-electron chi connectivity index (χ0n) is 17.3. The Labute approximate surface area is 172 Å². The van der Waals surface area contributed by atoms with Gasteiger partial charge in [0.05, 0.1) is 19.3 Å². The van der Waals surface area contributed by atoms with Gasteiger partial charge in [-0.25, -0.2) is 4.99 Å². The fraction of sp³-hybridized carbons (Fsp3) is 0.391. The highest BCUT2D eigenvalue weighted by Gasteiger charge is 2.16. The van der Waals surface area contributed by atoms with Gasteiger partial charge in [-0.2, -0.15) is 0 Å². The van der Waals surface area contributed by atoms with Crippen molar-refractivity contribution in [2.45, 2.75) is 39.7 Å². The van der Waals surface area contributed by atoms with Crippen LogP contribution in [0.1, 0.15) is 41.3 Å². The van der Waals surface area contributed by atoms with E-state index in [1.165, 1.54) is 11.1 Å². The second-order valence-electron chi connectivity index (χ2n) is 7.16. The second kappa shape index (κ2) is 10.1. The first kappa shape index (κ1) is 20.9. The number of amides is 1. The van der Waals surface area contributed by atoms with Gasteiger partial charge >= 0.3 is 0 Å². The number of carbonyl (C=O) groups is 1.